The Hall–Kier alpha value is -2.20. The van der Waals surface area contributed by atoms with Crippen molar-refractivity contribution >= 4 is 28.2 Å². The molecule has 0 amide bonds. The molecular weight excluding hydrogens is 286 g/mol. The van der Waals surface area contributed by atoms with Gasteiger partial charge in [-0.25, -0.2) is 0 Å². The summed E-state index contributed by atoms with van der Waals surface area (Å²) >= 11 is 5.83. The van der Waals surface area contributed by atoms with E-state index in [0.717, 1.165) is 35.3 Å². The highest BCUT2D eigenvalue weighted by Gasteiger charge is 2.03. The van der Waals surface area contributed by atoms with Crippen molar-refractivity contribution in [1.29, 1.82) is 0 Å². The zero-order chi connectivity index (χ0) is 14.7. The number of fused-ring (bicyclic) bond motifs is 1. The molecule has 0 atom stereocenters. The second-order valence-corrected chi connectivity index (χ2v) is 5.28. The monoisotopic (exact) mass is 301 g/mol. The molecule has 3 rings (SSSR count). The topological polar surface area (TPSA) is 53.1 Å². The molecule has 0 fully saturated rings. The lowest BCUT2D eigenvalue weighted by atomic mass is 10.2. The van der Waals surface area contributed by atoms with Gasteiger partial charge >= 0.3 is 0 Å². The third-order valence-corrected chi connectivity index (χ3v) is 3.52. The average Bonchev–Trinajstić information content (AvgIpc) is 2.88. The Kier molecular flexibility index (Phi) is 3.97. The Morgan fingerprint density at radius 1 is 1.14 bits per heavy atom. The number of anilines is 1. The molecule has 0 bridgehead atoms. The van der Waals surface area contributed by atoms with E-state index in [1.807, 2.05) is 53.3 Å². The summed E-state index contributed by atoms with van der Waals surface area (Å²) in [4.78, 5) is 0. The predicted molar refractivity (Wildman–Crippen MR) is 85.7 cm³/mol. The number of halogens is 1. The average molecular weight is 302 g/mol. The van der Waals surface area contributed by atoms with E-state index in [0.29, 0.717) is 11.6 Å². The number of aryl methyl sites for hydroxylation is 1. The first-order valence-corrected chi connectivity index (χ1v) is 7.19. The van der Waals surface area contributed by atoms with E-state index >= 15 is 0 Å². The zero-order valence-electron chi connectivity index (χ0n) is 11.5. The van der Waals surface area contributed by atoms with Crippen LogP contribution in [0.1, 0.15) is 6.42 Å². The van der Waals surface area contributed by atoms with Gasteiger partial charge in [0.15, 0.2) is 0 Å². The summed E-state index contributed by atoms with van der Waals surface area (Å²) in [5, 5.41) is 6.19. The number of hydrogen-bond donors (Lipinski definition) is 1. The zero-order valence-corrected chi connectivity index (χ0v) is 12.3. The summed E-state index contributed by atoms with van der Waals surface area (Å²) in [6, 6.07) is 13.2. The van der Waals surface area contributed by atoms with Crippen LogP contribution in [0.3, 0.4) is 0 Å². The molecule has 5 heteroatoms. The number of rotatable bonds is 5. The summed E-state index contributed by atoms with van der Waals surface area (Å²) in [6.07, 6.45) is 2.73. The van der Waals surface area contributed by atoms with Gasteiger partial charge in [0, 0.05) is 29.1 Å². The molecule has 2 aromatic carbocycles. The van der Waals surface area contributed by atoms with Crippen molar-refractivity contribution in [1.82, 2.24) is 9.78 Å². The second-order valence-electron chi connectivity index (χ2n) is 4.84. The summed E-state index contributed by atoms with van der Waals surface area (Å²) in [5.74, 6) is 0.828. The molecule has 0 radical (unpaired) electrons. The maximum absolute atomic E-state index is 5.83. The number of nitrogens with two attached hydrogens (primary N) is 1. The van der Waals surface area contributed by atoms with E-state index in [-0.39, 0.29) is 0 Å². The summed E-state index contributed by atoms with van der Waals surface area (Å²) in [6.45, 7) is 1.42. The van der Waals surface area contributed by atoms with Gasteiger partial charge in [-0.05, 0) is 42.5 Å². The van der Waals surface area contributed by atoms with Crippen LogP contribution in [0.4, 0.5) is 5.69 Å². The van der Waals surface area contributed by atoms with Gasteiger partial charge in [0.2, 0.25) is 0 Å². The van der Waals surface area contributed by atoms with Crippen molar-refractivity contribution in [3.63, 3.8) is 0 Å². The van der Waals surface area contributed by atoms with Gasteiger partial charge in [-0.2, -0.15) is 5.10 Å². The van der Waals surface area contributed by atoms with Gasteiger partial charge in [0.25, 0.3) is 0 Å². The SMILES string of the molecule is Nc1ccc2cnn(CCCOc3ccc(Cl)cc3)c2c1. The van der Waals surface area contributed by atoms with Crippen LogP contribution in [0, 0.1) is 0 Å². The molecule has 0 saturated carbocycles. The predicted octanol–water partition coefficient (Wildman–Crippen LogP) is 3.74. The largest absolute Gasteiger partial charge is 0.494 e. The van der Waals surface area contributed by atoms with Crippen LogP contribution in [0.2, 0.25) is 5.02 Å². The number of aromatic nitrogens is 2. The Balaban J connectivity index is 1.57. The lowest BCUT2D eigenvalue weighted by molar-refractivity contribution is 0.300. The van der Waals surface area contributed by atoms with Gasteiger partial charge in [0.1, 0.15) is 5.75 Å². The van der Waals surface area contributed by atoms with E-state index in [1.54, 1.807) is 0 Å². The van der Waals surface area contributed by atoms with Gasteiger partial charge in [-0.1, -0.05) is 11.6 Å². The molecule has 0 aliphatic heterocycles. The van der Waals surface area contributed by atoms with Crippen LogP contribution in [0.15, 0.2) is 48.7 Å². The van der Waals surface area contributed by atoms with Crippen molar-refractivity contribution < 1.29 is 4.74 Å². The van der Waals surface area contributed by atoms with Crippen molar-refractivity contribution in [3.8, 4) is 5.75 Å². The first kappa shape index (κ1) is 13.8. The van der Waals surface area contributed by atoms with E-state index in [4.69, 9.17) is 22.1 Å². The second kappa shape index (κ2) is 6.06. The number of benzene rings is 2. The normalized spacial score (nSPS) is 10.9. The maximum atomic E-state index is 5.83. The molecule has 0 spiro atoms. The Bertz CT molecular complexity index is 737. The minimum Gasteiger partial charge on any atom is -0.494 e. The van der Waals surface area contributed by atoms with E-state index < -0.39 is 0 Å². The summed E-state index contributed by atoms with van der Waals surface area (Å²) in [7, 11) is 0. The van der Waals surface area contributed by atoms with E-state index in [9.17, 15) is 0 Å². The standard InChI is InChI=1S/C16H16ClN3O/c17-13-3-6-15(7-4-13)21-9-1-8-20-16-10-14(18)5-2-12(16)11-19-20/h2-7,10-11H,1,8-9,18H2. The molecule has 0 unspecified atom stereocenters. The van der Waals surface area contributed by atoms with Gasteiger partial charge in [-0.15, -0.1) is 0 Å². The Morgan fingerprint density at radius 3 is 2.76 bits per heavy atom. The van der Waals surface area contributed by atoms with Crippen LogP contribution in [-0.2, 0) is 6.54 Å². The third-order valence-electron chi connectivity index (χ3n) is 3.27. The highest BCUT2D eigenvalue weighted by Crippen LogP contribution is 2.18. The molecule has 21 heavy (non-hydrogen) atoms. The fraction of sp³-hybridized carbons (Fsp3) is 0.188. The number of ether oxygens (including phenoxy) is 1. The number of nitrogens with zero attached hydrogens (tertiary/aromatic N) is 2. The maximum Gasteiger partial charge on any atom is 0.119 e. The summed E-state index contributed by atoms with van der Waals surface area (Å²) < 4.78 is 7.63. The van der Waals surface area contributed by atoms with Gasteiger partial charge in [-0.3, -0.25) is 4.68 Å². The molecule has 0 aliphatic carbocycles. The number of nitrogen functional groups attached to an aromatic ring is 1. The molecular formula is C16H16ClN3O. The molecule has 0 aliphatic rings. The molecule has 4 nitrogen and oxygen atoms in total. The minimum absolute atomic E-state index is 0.630. The first-order valence-electron chi connectivity index (χ1n) is 6.82. The molecule has 2 N–H and O–H groups in total. The first-order chi connectivity index (χ1) is 10.2. The molecule has 3 aromatic rings. The molecule has 1 heterocycles. The quantitative estimate of drug-likeness (QED) is 0.577. The fourth-order valence-corrected chi connectivity index (χ4v) is 2.33. The Morgan fingerprint density at radius 2 is 1.95 bits per heavy atom. The fourth-order valence-electron chi connectivity index (χ4n) is 2.20. The van der Waals surface area contributed by atoms with E-state index in [1.165, 1.54) is 0 Å². The van der Waals surface area contributed by atoms with Crippen LogP contribution < -0.4 is 10.5 Å². The minimum atomic E-state index is 0.630. The van der Waals surface area contributed by atoms with Crippen LogP contribution >= 0.6 is 11.6 Å². The van der Waals surface area contributed by atoms with Crippen LogP contribution in [0.25, 0.3) is 10.9 Å². The molecule has 108 valence electrons. The van der Waals surface area contributed by atoms with Gasteiger partial charge < -0.3 is 10.5 Å². The lowest BCUT2D eigenvalue weighted by Crippen LogP contribution is -2.05. The molecule has 0 saturated heterocycles. The molecule has 1 aromatic heterocycles. The summed E-state index contributed by atoms with van der Waals surface area (Å²) in [5.41, 5.74) is 7.63. The van der Waals surface area contributed by atoms with Gasteiger partial charge in [0.05, 0.1) is 18.3 Å². The van der Waals surface area contributed by atoms with Crippen molar-refractivity contribution in [2.24, 2.45) is 0 Å². The van der Waals surface area contributed by atoms with Crippen LogP contribution in [0.5, 0.6) is 5.75 Å². The highest BCUT2D eigenvalue weighted by atomic mass is 35.5. The highest BCUT2D eigenvalue weighted by molar-refractivity contribution is 6.30. The Labute approximate surface area is 128 Å². The van der Waals surface area contributed by atoms with Crippen LogP contribution in [-0.4, -0.2) is 16.4 Å². The number of hydrogen-bond acceptors (Lipinski definition) is 3. The van der Waals surface area contributed by atoms with Crippen molar-refractivity contribution in [2.45, 2.75) is 13.0 Å². The lowest BCUT2D eigenvalue weighted by Gasteiger charge is -2.07. The van der Waals surface area contributed by atoms with Crippen molar-refractivity contribution in [3.05, 3.63) is 53.7 Å². The van der Waals surface area contributed by atoms with E-state index in [2.05, 4.69) is 5.10 Å². The smallest absolute Gasteiger partial charge is 0.119 e. The van der Waals surface area contributed by atoms with Crippen molar-refractivity contribution in [2.75, 3.05) is 12.3 Å². The third kappa shape index (κ3) is 3.28.